The molecule has 1 heterocycles. The number of piperidine rings is 1. The van der Waals surface area contributed by atoms with Crippen molar-refractivity contribution in [3.05, 3.63) is 0 Å². The van der Waals surface area contributed by atoms with E-state index in [1.165, 1.54) is 19.3 Å². The van der Waals surface area contributed by atoms with Gasteiger partial charge in [-0.25, -0.2) is 0 Å². The molecular weight excluding hydrogens is 124 g/mol. The lowest BCUT2D eigenvalue weighted by atomic mass is 9.98. The molecule has 0 radical (unpaired) electrons. The number of rotatable bonds is 1. The summed E-state index contributed by atoms with van der Waals surface area (Å²) >= 11 is 0. The van der Waals surface area contributed by atoms with Gasteiger partial charge < -0.3 is 10.6 Å². The minimum atomic E-state index is 0.424. The SMILES string of the molecule is CCC1CCC(N)CN1C. The van der Waals surface area contributed by atoms with Crippen LogP contribution >= 0.6 is 0 Å². The second-order valence-corrected chi connectivity index (χ2v) is 3.34. The molecule has 0 amide bonds. The first-order valence-electron chi connectivity index (χ1n) is 4.20. The van der Waals surface area contributed by atoms with E-state index in [1.807, 2.05) is 0 Å². The first kappa shape index (κ1) is 8.02. The molecule has 2 atom stereocenters. The molecule has 1 aliphatic heterocycles. The smallest absolute Gasteiger partial charge is 0.0168 e. The number of hydrogen-bond donors (Lipinski definition) is 1. The predicted molar refractivity (Wildman–Crippen MR) is 43.9 cm³/mol. The van der Waals surface area contributed by atoms with Gasteiger partial charge in [-0.1, -0.05) is 6.92 Å². The Morgan fingerprint density at radius 1 is 1.50 bits per heavy atom. The van der Waals surface area contributed by atoms with Crippen LogP contribution in [0.3, 0.4) is 0 Å². The average molecular weight is 142 g/mol. The molecule has 60 valence electrons. The van der Waals surface area contributed by atoms with Gasteiger partial charge in [0.1, 0.15) is 0 Å². The van der Waals surface area contributed by atoms with Gasteiger partial charge >= 0.3 is 0 Å². The largest absolute Gasteiger partial charge is 0.327 e. The van der Waals surface area contributed by atoms with E-state index in [0.29, 0.717) is 6.04 Å². The highest BCUT2D eigenvalue weighted by molar-refractivity contribution is 4.79. The lowest BCUT2D eigenvalue weighted by Crippen LogP contribution is -2.46. The van der Waals surface area contributed by atoms with E-state index < -0.39 is 0 Å². The first-order chi connectivity index (χ1) is 4.74. The summed E-state index contributed by atoms with van der Waals surface area (Å²) in [7, 11) is 2.17. The molecule has 2 heteroatoms. The molecule has 2 N–H and O–H groups in total. The van der Waals surface area contributed by atoms with E-state index in [2.05, 4.69) is 18.9 Å². The highest BCUT2D eigenvalue weighted by atomic mass is 15.1. The van der Waals surface area contributed by atoms with Crippen LogP contribution in [0.15, 0.2) is 0 Å². The van der Waals surface area contributed by atoms with Crippen LogP contribution in [0.1, 0.15) is 26.2 Å². The zero-order valence-corrected chi connectivity index (χ0v) is 7.01. The van der Waals surface area contributed by atoms with Crippen LogP contribution in [-0.2, 0) is 0 Å². The third-order valence-corrected chi connectivity index (χ3v) is 2.49. The number of nitrogens with two attached hydrogens (primary N) is 1. The van der Waals surface area contributed by atoms with Gasteiger partial charge in [-0.05, 0) is 26.3 Å². The van der Waals surface area contributed by atoms with E-state index in [9.17, 15) is 0 Å². The Bertz CT molecular complexity index is 103. The van der Waals surface area contributed by atoms with Crippen LogP contribution in [0.25, 0.3) is 0 Å². The summed E-state index contributed by atoms with van der Waals surface area (Å²) < 4.78 is 0. The molecule has 0 aromatic heterocycles. The Morgan fingerprint density at radius 2 is 2.20 bits per heavy atom. The molecule has 2 nitrogen and oxygen atoms in total. The van der Waals surface area contributed by atoms with Crippen LogP contribution in [0, 0.1) is 0 Å². The van der Waals surface area contributed by atoms with Crippen molar-refractivity contribution < 1.29 is 0 Å². The van der Waals surface area contributed by atoms with Crippen LogP contribution in [-0.4, -0.2) is 30.6 Å². The fourth-order valence-corrected chi connectivity index (χ4v) is 1.75. The molecule has 2 unspecified atom stereocenters. The highest BCUT2D eigenvalue weighted by Gasteiger charge is 2.21. The first-order valence-corrected chi connectivity index (χ1v) is 4.20. The van der Waals surface area contributed by atoms with Crippen molar-refractivity contribution in [3.63, 3.8) is 0 Å². The van der Waals surface area contributed by atoms with Crippen LogP contribution in [0.5, 0.6) is 0 Å². The predicted octanol–water partition coefficient (Wildman–Crippen LogP) is 0.818. The second-order valence-electron chi connectivity index (χ2n) is 3.34. The molecule has 0 aliphatic carbocycles. The summed E-state index contributed by atoms with van der Waals surface area (Å²) in [5.41, 5.74) is 5.80. The minimum absolute atomic E-state index is 0.424. The Morgan fingerprint density at radius 3 is 2.70 bits per heavy atom. The normalized spacial score (nSPS) is 36.3. The Kier molecular flexibility index (Phi) is 2.69. The minimum Gasteiger partial charge on any atom is -0.327 e. The molecule has 1 aliphatic rings. The standard InChI is InChI=1S/C8H18N2/c1-3-8-5-4-7(9)6-10(8)2/h7-8H,3-6,9H2,1-2H3. The van der Waals surface area contributed by atoms with Gasteiger partial charge in [-0.15, -0.1) is 0 Å². The Balaban J connectivity index is 2.36. The Labute approximate surface area is 63.4 Å². The van der Waals surface area contributed by atoms with E-state index in [-0.39, 0.29) is 0 Å². The van der Waals surface area contributed by atoms with Gasteiger partial charge in [0.15, 0.2) is 0 Å². The summed E-state index contributed by atoms with van der Waals surface area (Å²) in [5, 5.41) is 0. The zero-order chi connectivity index (χ0) is 7.56. The van der Waals surface area contributed by atoms with Crippen LogP contribution in [0.2, 0.25) is 0 Å². The molecule has 0 spiro atoms. The summed E-state index contributed by atoms with van der Waals surface area (Å²) in [6.07, 6.45) is 3.76. The second kappa shape index (κ2) is 3.35. The molecule has 1 rings (SSSR count). The van der Waals surface area contributed by atoms with Crippen LogP contribution < -0.4 is 5.73 Å². The maximum atomic E-state index is 5.80. The third-order valence-electron chi connectivity index (χ3n) is 2.49. The summed E-state index contributed by atoms with van der Waals surface area (Å²) in [4.78, 5) is 2.38. The van der Waals surface area contributed by atoms with Gasteiger partial charge in [0, 0.05) is 18.6 Å². The van der Waals surface area contributed by atoms with Crippen molar-refractivity contribution in [3.8, 4) is 0 Å². The van der Waals surface area contributed by atoms with E-state index in [1.54, 1.807) is 0 Å². The zero-order valence-electron chi connectivity index (χ0n) is 7.01. The third kappa shape index (κ3) is 1.70. The van der Waals surface area contributed by atoms with Gasteiger partial charge in [0.2, 0.25) is 0 Å². The lowest BCUT2D eigenvalue weighted by Gasteiger charge is -2.35. The fraction of sp³-hybridized carbons (Fsp3) is 1.00. The Hall–Kier alpha value is -0.0800. The van der Waals surface area contributed by atoms with Gasteiger partial charge in [0.25, 0.3) is 0 Å². The fourth-order valence-electron chi connectivity index (χ4n) is 1.75. The molecular formula is C8H18N2. The maximum Gasteiger partial charge on any atom is 0.0168 e. The van der Waals surface area contributed by atoms with E-state index >= 15 is 0 Å². The molecule has 10 heavy (non-hydrogen) atoms. The molecule has 0 aromatic rings. The van der Waals surface area contributed by atoms with Crippen molar-refractivity contribution in [1.29, 1.82) is 0 Å². The highest BCUT2D eigenvalue weighted by Crippen LogP contribution is 2.16. The van der Waals surface area contributed by atoms with Crippen molar-refractivity contribution in [2.75, 3.05) is 13.6 Å². The van der Waals surface area contributed by atoms with Gasteiger partial charge in [-0.2, -0.15) is 0 Å². The van der Waals surface area contributed by atoms with Crippen molar-refractivity contribution in [1.82, 2.24) is 4.90 Å². The summed E-state index contributed by atoms with van der Waals surface area (Å²) in [5.74, 6) is 0. The maximum absolute atomic E-state index is 5.80. The quantitative estimate of drug-likeness (QED) is 0.587. The number of hydrogen-bond acceptors (Lipinski definition) is 2. The lowest BCUT2D eigenvalue weighted by molar-refractivity contribution is 0.164. The van der Waals surface area contributed by atoms with E-state index in [4.69, 9.17) is 5.73 Å². The number of nitrogens with zero attached hydrogens (tertiary/aromatic N) is 1. The van der Waals surface area contributed by atoms with Crippen molar-refractivity contribution in [2.24, 2.45) is 5.73 Å². The van der Waals surface area contributed by atoms with Crippen molar-refractivity contribution >= 4 is 0 Å². The molecule has 0 aromatic carbocycles. The average Bonchev–Trinajstić information content (AvgIpc) is 1.88. The van der Waals surface area contributed by atoms with Crippen LogP contribution in [0.4, 0.5) is 0 Å². The summed E-state index contributed by atoms with van der Waals surface area (Å²) in [6.45, 7) is 3.33. The monoisotopic (exact) mass is 142 g/mol. The van der Waals surface area contributed by atoms with Crippen molar-refractivity contribution in [2.45, 2.75) is 38.3 Å². The van der Waals surface area contributed by atoms with Gasteiger partial charge in [0.05, 0.1) is 0 Å². The van der Waals surface area contributed by atoms with E-state index in [0.717, 1.165) is 12.6 Å². The molecule has 0 saturated carbocycles. The molecule has 1 fully saturated rings. The molecule has 0 bridgehead atoms. The summed E-state index contributed by atoms with van der Waals surface area (Å²) in [6, 6.07) is 1.22. The number of likely N-dealkylation sites (tertiary alicyclic amines) is 1. The van der Waals surface area contributed by atoms with Gasteiger partial charge in [-0.3, -0.25) is 0 Å². The molecule has 1 saturated heterocycles. The topological polar surface area (TPSA) is 29.3 Å². The number of likely N-dealkylation sites (N-methyl/N-ethyl adjacent to an activating group) is 1.